The van der Waals surface area contributed by atoms with Crippen molar-refractivity contribution in [2.75, 3.05) is 10.2 Å². The number of aromatic nitrogens is 3. The van der Waals surface area contributed by atoms with Crippen LogP contribution in [0.4, 0.5) is 16.6 Å². The molecule has 0 aliphatic heterocycles. The lowest BCUT2D eigenvalue weighted by atomic mass is 10.1. The van der Waals surface area contributed by atoms with Crippen LogP contribution < -0.4 is 10.2 Å². The molecule has 174 valence electrons. The van der Waals surface area contributed by atoms with Crippen molar-refractivity contribution >= 4 is 57.1 Å². The molecule has 0 radical (unpaired) electrons. The van der Waals surface area contributed by atoms with Crippen molar-refractivity contribution in [1.82, 2.24) is 15.0 Å². The number of carbonyl (C=O) groups excluding carboxylic acids is 1. The molecule has 4 aromatic rings. The average molecular weight is 512 g/mol. The van der Waals surface area contributed by atoms with Crippen LogP contribution in [0.5, 0.6) is 0 Å². The van der Waals surface area contributed by atoms with Gasteiger partial charge in [0.25, 0.3) is 5.91 Å². The van der Waals surface area contributed by atoms with Crippen LogP contribution in [0, 0.1) is 13.8 Å². The first kappa shape index (κ1) is 24.1. The Kier molecular flexibility index (Phi) is 7.46. The highest BCUT2D eigenvalue weighted by Crippen LogP contribution is 2.33. The minimum absolute atomic E-state index is 0.182. The third kappa shape index (κ3) is 5.55. The van der Waals surface area contributed by atoms with Gasteiger partial charge in [-0.1, -0.05) is 77.9 Å². The van der Waals surface area contributed by atoms with E-state index in [9.17, 15) is 4.79 Å². The molecule has 34 heavy (non-hydrogen) atoms. The first-order chi connectivity index (χ1) is 16.3. The van der Waals surface area contributed by atoms with E-state index >= 15 is 0 Å². The van der Waals surface area contributed by atoms with E-state index in [0.717, 1.165) is 17.5 Å². The smallest absolute Gasteiger partial charge is 0.270 e. The number of amides is 1. The first-order valence-corrected chi connectivity index (χ1v) is 12.3. The van der Waals surface area contributed by atoms with Crippen molar-refractivity contribution in [3.63, 3.8) is 0 Å². The van der Waals surface area contributed by atoms with Gasteiger partial charge in [0.15, 0.2) is 5.13 Å². The molecular formula is C25H23Cl2N5OS. The van der Waals surface area contributed by atoms with Gasteiger partial charge in [-0.3, -0.25) is 4.79 Å². The molecule has 0 aliphatic rings. The van der Waals surface area contributed by atoms with Crippen LogP contribution >= 0.6 is 34.5 Å². The van der Waals surface area contributed by atoms with Crippen molar-refractivity contribution in [2.45, 2.75) is 33.7 Å². The van der Waals surface area contributed by atoms with E-state index in [1.54, 1.807) is 30.2 Å². The molecule has 4 rings (SSSR count). The van der Waals surface area contributed by atoms with Gasteiger partial charge >= 0.3 is 0 Å². The Morgan fingerprint density at radius 2 is 1.79 bits per heavy atom. The molecule has 0 bridgehead atoms. The average Bonchev–Trinajstić information content (AvgIpc) is 3.26. The third-order valence-electron chi connectivity index (χ3n) is 5.23. The van der Waals surface area contributed by atoms with Crippen molar-refractivity contribution in [3.05, 3.63) is 92.3 Å². The number of aryl methyl sites for hydroxylation is 3. The maximum absolute atomic E-state index is 13.7. The van der Waals surface area contributed by atoms with Crippen LogP contribution in [0.25, 0.3) is 0 Å². The number of nitrogens with one attached hydrogen (secondary N) is 1. The third-order valence-corrected chi connectivity index (χ3v) is 6.63. The number of para-hydroxylation sites is 1. The van der Waals surface area contributed by atoms with Gasteiger partial charge in [0.2, 0.25) is 0 Å². The lowest BCUT2D eigenvalue weighted by molar-refractivity contribution is 0.0988. The van der Waals surface area contributed by atoms with Gasteiger partial charge in [-0.15, -0.1) is 0 Å². The van der Waals surface area contributed by atoms with E-state index in [4.69, 9.17) is 23.2 Å². The number of anilines is 3. The molecule has 0 fully saturated rings. The predicted molar refractivity (Wildman–Crippen MR) is 140 cm³/mol. The van der Waals surface area contributed by atoms with Crippen LogP contribution in [0.15, 0.2) is 54.7 Å². The molecule has 6 nitrogen and oxygen atoms in total. The van der Waals surface area contributed by atoms with Gasteiger partial charge in [0, 0.05) is 6.07 Å². The molecule has 0 saturated carbocycles. The van der Waals surface area contributed by atoms with Gasteiger partial charge in [0.05, 0.1) is 23.5 Å². The van der Waals surface area contributed by atoms with Crippen molar-refractivity contribution in [3.8, 4) is 0 Å². The largest absolute Gasteiger partial charge is 0.316 e. The maximum atomic E-state index is 13.7. The van der Waals surface area contributed by atoms with Gasteiger partial charge < -0.3 is 10.2 Å². The highest BCUT2D eigenvalue weighted by atomic mass is 35.5. The summed E-state index contributed by atoms with van der Waals surface area (Å²) in [6, 6.07) is 15.5. The van der Waals surface area contributed by atoms with E-state index < -0.39 is 0 Å². The van der Waals surface area contributed by atoms with Gasteiger partial charge in [-0.2, -0.15) is 0 Å². The summed E-state index contributed by atoms with van der Waals surface area (Å²) in [7, 11) is 0. The van der Waals surface area contributed by atoms with Gasteiger partial charge in [0.1, 0.15) is 21.7 Å². The van der Waals surface area contributed by atoms with Crippen LogP contribution in [-0.4, -0.2) is 20.9 Å². The highest BCUT2D eigenvalue weighted by molar-refractivity contribution is 7.17. The summed E-state index contributed by atoms with van der Waals surface area (Å²) in [5.74, 6) is 0.871. The Hall–Kier alpha value is -3.00. The number of benzene rings is 2. The number of thiazole rings is 1. The molecule has 2 heterocycles. The van der Waals surface area contributed by atoms with Crippen molar-refractivity contribution < 1.29 is 4.79 Å². The molecule has 0 aliphatic carbocycles. The summed E-state index contributed by atoms with van der Waals surface area (Å²) < 4.78 is 0. The van der Waals surface area contributed by atoms with E-state index in [0.29, 0.717) is 44.1 Å². The fourth-order valence-electron chi connectivity index (χ4n) is 3.55. The van der Waals surface area contributed by atoms with E-state index in [2.05, 4.69) is 39.3 Å². The zero-order valence-electron chi connectivity index (χ0n) is 19.0. The van der Waals surface area contributed by atoms with Gasteiger partial charge in [-0.05, 0) is 43.0 Å². The van der Waals surface area contributed by atoms with Crippen LogP contribution in [0.2, 0.25) is 10.2 Å². The summed E-state index contributed by atoms with van der Waals surface area (Å²) in [4.78, 5) is 28.6. The normalized spacial score (nSPS) is 10.9. The second-order valence-electron chi connectivity index (χ2n) is 7.74. The van der Waals surface area contributed by atoms with Crippen molar-refractivity contribution in [1.29, 1.82) is 0 Å². The number of carbonyl (C=O) groups is 1. The Balaban J connectivity index is 1.65. The number of rotatable bonds is 7. The van der Waals surface area contributed by atoms with Gasteiger partial charge in [-0.25, -0.2) is 15.0 Å². The standard InChI is InChI=1S/C25H23Cl2N5OS/c1-4-17-8-10-18(11-9-17)14-32(23-15(2)6-5-7-19(23)26)24(33)20-13-28-25(34-20)31-22-12-21(27)29-16(3)30-22/h5-13H,4,14H2,1-3H3,(H,28,29,30,31). The Labute approximate surface area is 212 Å². The Bertz CT molecular complexity index is 1280. The zero-order chi connectivity index (χ0) is 24.2. The minimum atomic E-state index is -0.182. The highest BCUT2D eigenvalue weighted by Gasteiger charge is 2.24. The molecule has 9 heteroatoms. The number of hydrogen-bond acceptors (Lipinski definition) is 6. The molecule has 0 atom stereocenters. The molecule has 0 spiro atoms. The van der Waals surface area contributed by atoms with Crippen LogP contribution in [0.1, 0.15) is 39.1 Å². The predicted octanol–water partition coefficient (Wildman–Crippen LogP) is 7.01. The number of nitrogens with zero attached hydrogens (tertiary/aromatic N) is 4. The molecule has 1 amide bonds. The Morgan fingerprint density at radius 1 is 1.06 bits per heavy atom. The SMILES string of the molecule is CCc1ccc(CN(C(=O)c2cnc(Nc3cc(Cl)nc(C)n3)s2)c2c(C)cccc2Cl)cc1. The van der Waals surface area contributed by atoms with E-state index in [1.807, 2.05) is 31.2 Å². The monoisotopic (exact) mass is 511 g/mol. The Morgan fingerprint density at radius 3 is 2.47 bits per heavy atom. The molecule has 2 aromatic carbocycles. The molecule has 1 N–H and O–H groups in total. The summed E-state index contributed by atoms with van der Waals surface area (Å²) >= 11 is 13.8. The molecular weight excluding hydrogens is 489 g/mol. The lowest BCUT2D eigenvalue weighted by Crippen LogP contribution is -2.30. The summed E-state index contributed by atoms with van der Waals surface area (Å²) in [5, 5.41) is 4.48. The molecule has 0 saturated heterocycles. The molecule has 0 unspecified atom stereocenters. The topological polar surface area (TPSA) is 71.0 Å². The second kappa shape index (κ2) is 10.5. The quantitative estimate of drug-likeness (QED) is 0.270. The first-order valence-electron chi connectivity index (χ1n) is 10.7. The van der Waals surface area contributed by atoms with E-state index in [-0.39, 0.29) is 5.91 Å². The minimum Gasteiger partial charge on any atom is -0.316 e. The van der Waals surface area contributed by atoms with Crippen molar-refractivity contribution in [2.24, 2.45) is 0 Å². The number of halogens is 2. The zero-order valence-corrected chi connectivity index (χ0v) is 21.3. The summed E-state index contributed by atoms with van der Waals surface area (Å²) in [6.07, 6.45) is 2.52. The fraction of sp³-hybridized carbons (Fsp3) is 0.200. The number of hydrogen-bond donors (Lipinski definition) is 1. The maximum Gasteiger partial charge on any atom is 0.270 e. The van der Waals surface area contributed by atoms with Crippen LogP contribution in [0.3, 0.4) is 0 Å². The second-order valence-corrected chi connectivity index (χ2v) is 9.57. The van der Waals surface area contributed by atoms with E-state index in [1.165, 1.54) is 16.9 Å². The molecule has 2 aromatic heterocycles. The summed E-state index contributed by atoms with van der Waals surface area (Å²) in [5.41, 5.74) is 3.86. The summed E-state index contributed by atoms with van der Waals surface area (Å²) in [6.45, 7) is 6.20. The fourth-order valence-corrected chi connectivity index (χ4v) is 4.87. The van der Waals surface area contributed by atoms with Crippen LogP contribution in [-0.2, 0) is 13.0 Å². The lowest BCUT2D eigenvalue weighted by Gasteiger charge is -2.25.